The lowest BCUT2D eigenvalue weighted by Gasteiger charge is -2.19. The predicted molar refractivity (Wildman–Crippen MR) is 105 cm³/mol. The van der Waals surface area contributed by atoms with Crippen molar-refractivity contribution in [3.63, 3.8) is 0 Å². The first-order chi connectivity index (χ1) is 12.9. The van der Waals surface area contributed by atoms with E-state index in [9.17, 15) is 19.7 Å². The van der Waals surface area contributed by atoms with Crippen molar-refractivity contribution in [1.82, 2.24) is 9.97 Å². The van der Waals surface area contributed by atoms with Crippen LogP contribution in [0.5, 0.6) is 0 Å². The monoisotopic (exact) mass is 431 g/mol. The number of carbonyl (C=O) groups is 1. The molecule has 1 aromatic heterocycles. The number of halogens is 1. The molecule has 1 amide bonds. The summed E-state index contributed by atoms with van der Waals surface area (Å²) in [6, 6.07) is 9.71. The van der Waals surface area contributed by atoms with Crippen LogP contribution >= 0.6 is 15.9 Å². The van der Waals surface area contributed by atoms with Crippen molar-refractivity contribution >= 4 is 49.8 Å². The maximum atomic E-state index is 12.3. The van der Waals surface area contributed by atoms with E-state index in [0.717, 1.165) is 4.47 Å². The second-order valence-electron chi connectivity index (χ2n) is 5.73. The van der Waals surface area contributed by atoms with Gasteiger partial charge >= 0.3 is 0 Å². The highest BCUT2D eigenvalue weighted by molar-refractivity contribution is 9.10. The maximum absolute atomic E-state index is 12.3. The lowest BCUT2D eigenvalue weighted by molar-refractivity contribution is -0.384. The van der Waals surface area contributed by atoms with Crippen molar-refractivity contribution in [2.24, 2.45) is 0 Å². The third-order valence-electron chi connectivity index (χ3n) is 3.87. The van der Waals surface area contributed by atoms with Gasteiger partial charge in [-0.25, -0.2) is 4.98 Å². The molecule has 9 nitrogen and oxygen atoms in total. The highest BCUT2D eigenvalue weighted by Crippen LogP contribution is 2.30. The summed E-state index contributed by atoms with van der Waals surface area (Å²) in [5.74, 6) is -0.349. The van der Waals surface area contributed by atoms with Gasteiger partial charge in [-0.3, -0.25) is 19.7 Å². The van der Waals surface area contributed by atoms with E-state index in [2.05, 4.69) is 31.2 Å². The Morgan fingerprint density at radius 2 is 2.11 bits per heavy atom. The molecule has 138 valence electrons. The molecule has 0 fully saturated rings. The van der Waals surface area contributed by atoms with Gasteiger partial charge in [0, 0.05) is 17.6 Å². The molecule has 0 aliphatic carbocycles. The van der Waals surface area contributed by atoms with Gasteiger partial charge in [0.05, 0.1) is 34.4 Å². The summed E-state index contributed by atoms with van der Waals surface area (Å²) in [6.07, 6.45) is 1.22. The molecule has 0 radical (unpaired) electrons. The smallest absolute Gasteiger partial charge is 0.293 e. The predicted octanol–water partition coefficient (Wildman–Crippen LogP) is 2.67. The number of likely N-dealkylation sites (N-methyl/N-ethyl adjacent to an activating group) is 1. The van der Waals surface area contributed by atoms with Crippen LogP contribution in [0.4, 0.5) is 17.1 Å². The molecule has 0 saturated carbocycles. The quantitative estimate of drug-likeness (QED) is 0.472. The summed E-state index contributed by atoms with van der Waals surface area (Å²) in [5.41, 5.74) is 0.337. The molecule has 0 atom stereocenters. The van der Waals surface area contributed by atoms with Crippen molar-refractivity contribution in [2.45, 2.75) is 0 Å². The van der Waals surface area contributed by atoms with Gasteiger partial charge in [0.15, 0.2) is 0 Å². The number of nitrogens with one attached hydrogen (secondary N) is 2. The van der Waals surface area contributed by atoms with Crippen molar-refractivity contribution in [3.8, 4) is 0 Å². The summed E-state index contributed by atoms with van der Waals surface area (Å²) >= 11 is 3.34. The molecule has 0 aliphatic rings. The van der Waals surface area contributed by atoms with Crippen molar-refractivity contribution in [1.29, 1.82) is 0 Å². The Kier molecular flexibility index (Phi) is 5.17. The standard InChI is InChI=1S/C17H14BrN5O4/c1-22(8-16(24)21-12-5-3-2-4-11(12)18)14-7-13-10(6-15(14)23(26)27)17(25)20-9-19-13/h2-7,9H,8H2,1H3,(H,21,24)(H,19,20,25). The highest BCUT2D eigenvalue weighted by Gasteiger charge is 2.21. The van der Waals surface area contributed by atoms with Gasteiger partial charge in [0.1, 0.15) is 5.69 Å². The second-order valence-corrected chi connectivity index (χ2v) is 6.59. The van der Waals surface area contributed by atoms with E-state index in [1.165, 1.54) is 23.4 Å². The van der Waals surface area contributed by atoms with Crippen LogP contribution in [0.1, 0.15) is 0 Å². The molecule has 0 aliphatic heterocycles. The van der Waals surface area contributed by atoms with E-state index in [4.69, 9.17) is 0 Å². The molecule has 3 rings (SSSR count). The first-order valence-electron chi connectivity index (χ1n) is 7.78. The molecule has 2 aromatic carbocycles. The number of fused-ring (bicyclic) bond motifs is 1. The molecule has 10 heteroatoms. The zero-order valence-electron chi connectivity index (χ0n) is 14.1. The summed E-state index contributed by atoms with van der Waals surface area (Å²) in [6.45, 7) is -0.128. The number of aromatic nitrogens is 2. The Bertz CT molecular complexity index is 1100. The summed E-state index contributed by atoms with van der Waals surface area (Å²) in [5, 5.41) is 14.3. The van der Waals surface area contributed by atoms with Gasteiger partial charge in [-0.05, 0) is 34.1 Å². The molecule has 0 saturated heterocycles. The van der Waals surface area contributed by atoms with Gasteiger partial charge < -0.3 is 15.2 Å². The van der Waals surface area contributed by atoms with Crippen LogP contribution in [0.15, 0.2) is 52.0 Å². The molecule has 3 aromatic rings. The Morgan fingerprint density at radius 1 is 1.37 bits per heavy atom. The Hall–Kier alpha value is -3.27. The van der Waals surface area contributed by atoms with Crippen LogP contribution in [-0.4, -0.2) is 34.4 Å². The van der Waals surface area contributed by atoms with Gasteiger partial charge in [0.2, 0.25) is 5.91 Å². The molecule has 2 N–H and O–H groups in total. The fraction of sp³-hybridized carbons (Fsp3) is 0.118. The van der Waals surface area contributed by atoms with Crippen molar-refractivity contribution < 1.29 is 9.72 Å². The Balaban J connectivity index is 1.90. The van der Waals surface area contributed by atoms with E-state index in [1.807, 2.05) is 6.07 Å². The first kappa shape index (κ1) is 18.5. The minimum absolute atomic E-state index is 0.110. The summed E-state index contributed by atoms with van der Waals surface area (Å²) in [7, 11) is 1.56. The van der Waals surface area contributed by atoms with Crippen LogP contribution in [0.3, 0.4) is 0 Å². The number of rotatable bonds is 5. The number of hydrogen-bond donors (Lipinski definition) is 2. The Morgan fingerprint density at radius 3 is 2.81 bits per heavy atom. The van der Waals surface area contributed by atoms with Crippen LogP contribution in [0, 0.1) is 10.1 Å². The number of aromatic amines is 1. The molecule has 0 bridgehead atoms. The van der Waals surface area contributed by atoms with Crippen LogP contribution in [0.25, 0.3) is 10.9 Å². The summed E-state index contributed by atoms with van der Waals surface area (Å²) < 4.78 is 0.723. The van der Waals surface area contributed by atoms with Gasteiger partial charge in [0.25, 0.3) is 11.2 Å². The lowest BCUT2D eigenvalue weighted by atomic mass is 10.1. The zero-order chi connectivity index (χ0) is 19.6. The van der Waals surface area contributed by atoms with E-state index in [0.29, 0.717) is 11.2 Å². The molecular weight excluding hydrogens is 418 g/mol. The van der Waals surface area contributed by atoms with Crippen molar-refractivity contribution in [2.75, 3.05) is 23.8 Å². The van der Waals surface area contributed by atoms with Gasteiger partial charge in [-0.1, -0.05) is 12.1 Å². The number of nitro benzene ring substituents is 1. The highest BCUT2D eigenvalue weighted by atomic mass is 79.9. The number of para-hydroxylation sites is 1. The van der Waals surface area contributed by atoms with E-state index >= 15 is 0 Å². The van der Waals surface area contributed by atoms with Gasteiger partial charge in [-0.2, -0.15) is 0 Å². The molecule has 0 spiro atoms. The average Bonchev–Trinajstić information content (AvgIpc) is 2.63. The number of nitro groups is 1. The van der Waals surface area contributed by atoms with E-state index in [-0.39, 0.29) is 29.2 Å². The maximum Gasteiger partial charge on any atom is 0.293 e. The normalized spacial score (nSPS) is 10.6. The fourth-order valence-electron chi connectivity index (χ4n) is 2.60. The number of benzene rings is 2. The van der Waals surface area contributed by atoms with Crippen molar-refractivity contribution in [3.05, 3.63) is 67.7 Å². The minimum Gasteiger partial charge on any atom is -0.360 e. The number of nitrogens with zero attached hydrogens (tertiary/aromatic N) is 3. The third kappa shape index (κ3) is 3.95. The van der Waals surface area contributed by atoms with Crippen LogP contribution in [0.2, 0.25) is 0 Å². The van der Waals surface area contributed by atoms with Crippen LogP contribution < -0.4 is 15.8 Å². The molecule has 1 heterocycles. The molecular formula is C17H14BrN5O4. The van der Waals surface area contributed by atoms with E-state index < -0.39 is 10.5 Å². The number of carbonyl (C=O) groups excluding carboxylic acids is 1. The third-order valence-corrected chi connectivity index (χ3v) is 4.56. The number of amides is 1. The lowest BCUT2D eigenvalue weighted by Crippen LogP contribution is -2.30. The Labute approximate surface area is 161 Å². The van der Waals surface area contributed by atoms with Gasteiger partial charge in [-0.15, -0.1) is 0 Å². The second kappa shape index (κ2) is 7.54. The number of anilines is 2. The largest absolute Gasteiger partial charge is 0.360 e. The molecule has 0 unspecified atom stereocenters. The molecule has 27 heavy (non-hydrogen) atoms. The zero-order valence-corrected chi connectivity index (χ0v) is 15.7. The summed E-state index contributed by atoms with van der Waals surface area (Å²) in [4.78, 5) is 42.9. The minimum atomic E-state index is -0.594. The average molecular weight is 432 g/mol. The first-order valence-corrected chi connectivity index (χ1v) is 8.57. The number of hydrogen-bond acceptors (Lipinski definition) is 6. The topological polar surface area (TPSA) is 121 Å². The van der Waals surface area contributed by atoms with E-state index in [1.54, 1.807) is 25.2 Å². The fourth-order valence-corrected chi connectivity index (χ4v) is 2.98. The van der Waals surface area contributed by atoms with Crippen LogP contribution in [-0.2, 0) is 4.79 Å². The number of H-pyrrole nitrogens is 1. The SMILES string of the molecule is CN(CC(=O)Nc1ccccc1Br)c1cc2nc[nH]c(=O)c2cc1[N+](=O)[O-].